The quantitative estimate of drug-likeness (QED) is 0.701. The highest BCUT2D eigenvalue weighted by Gasteiger charge is 2.29. The molecule has 0 aliphatic rings. The van der Waals surface area contributed by atoms with Gasteiger partial charge in [-0.2, -0.15) is 0 Å². The molecule has 5 heteroatoms. The third kappa shape index (κ3) is 5.27. The van der Waals surface area contributed by atoms with Crippen molar-refractivity contribution in [2.45, 2.75) is 32.2 Å². The smallest absolute Gasteiger partial charge is 0.237 e. The number of hydrogen-bond acceptors (Lipinski definition) is 4. The first-order valence-corrected chi connectivity index (χ1v) is 7.11. The van der Waals surface area contributed by atoms with Gasteiger partial charge in [0.15, 0.2) is 0 Å². The molecule has 1 amide bonds. The second kappa shape index (κ2) is 7.97. The lowest BCUT2D eigenvalue weighted by atomic mass is 9.96. The predicted octanol–water partition coefficient (Wildman–Crippen LogP) is 0.800. The average molecular weight is 278 g/mol. The van der Waals surface area contributed by atoms with E-state index in [0.29, 0.717) is 6.42 Å². The number of nitrogens with two attached hydrogens (primary N) is 1. The Morgan fingerprint density at radius 3 is 2.75 bits per heavy atom. The van der Waals surface area contributed by atoms with Gasteiger partial charge in [0.1, 0.15) is 0 Å². The standard InChI is InChI=1S/C15H26N4O/c1-4-18-15(2,14(16)20)9-12-19(3)11-8-13-7-5-6-10-17-13/h5-7,10,18H,4,8-9,11-12H2,1-3H3,(H2,16,20). The van der Waals surface area contributed by atoms with Crippen molar-refractivity contribution < 1.29 is 4.79 Å². The Morgan fingerprint density at radius 2 is 2.20 bits per heavy atom. The van der Waals surface area contributed by atoms with Gasteiger partial charge in [-0.1, -0.05) is 13.0 Å². The molecule has 1 atom stereocenters. The van der Waals surface area contributed by atoms with Gasteiger partial charge < -0.3 is 16.0 Å². The summed E-state index contributed by atoms with van der Waals surface area (Å²) in [6.07, 6.45) is 3.42. The van der Waals surface area contributed by atoms with Gasteiger partial charge in [0.05, 0.1) is 5.54 Å². The Labute approximate surface area is 121 Å². The Kier molecular flexibility index (Phi) is 6.61. The number of carbonyl (C=O) groups is 1. The fourth-order valence-electron chi connectivity index (χ4n) is 2.07. The van der Waals surface area contributed by atoms with Crippen LogP contribution >= 0.6 is 0 Å². The summed E-state index contributed by atoms with van der Waals surface area (Å²) in [5.74, 6) is -0.294. The van der Waals surface area contributed by atoms with Crippen molar-refractivity contribution in [1.82, 2.24) is 15.2 Å². The fraction of sp³-hybridized carbons (Fsp3) is 0.600. The Balaban J connectivity index is 2.38. The summed E-state index contributed by atoms with van der Waals surface area (Å²) in [6.45, 7) is 6.31. The number of pyridine rings is 1. The van der Waals surface area contributed by atoms with Crippen molar-refractivity contribution in [3.63, 3.8) is 0 Å². The molecule has 1 rings (SSSR count). The molecular formula is C15H26N4O. The number of hydrogen-bond donors (Lipinski definition) is 2. The van der Waals surface area contributed by atoms with Gasteiger partial charge in [-0.3, -0.25) is 9.78 Å². The first-order valence-electron chi connectivity index (χ1n) is 7.11. The Bertz CT molecular complexity index is 410. The lowest BCUT2D eigenvalue weighted by Crippen LogP contribution is -2.54. The van der Waals surface area contributed by atoms with E-state index < -0.39 is 5.54 Å². The molecule has 0 saturated heterocycles. The molecule has 0 aliphatic carbocycles. The molecule has 0 bridgehead atoms. The number of amides is 1. The van der Waals surface area contributed by atoms with Crippen molar-refractivity contribution in [3.05, 3.63) is 30.1 Å². The second-order valence-corrected chi connectivity index (χ2v) is 5.35. The summed E-state index contributed by atoms with van der Waals surface area (Å²) in [5.41, 5.74) is 5.93. The van der Waals surface area contributed by atoms with Crippen LogP contribution in [0.3, 0.4) is 0 Å². The Morgan fingerprint density at radius 1 is 1.45 bits per heavy atom. The van der Waals surface area contributed by atoms with Crippen molar-refractivity contribution >= 4 is 5.91 Å². The fourth-order valence-corrected chi connectivity index (χ4v) is 2.07. The van der Waals surface area contributed by atoms with E-state index in [4.69, 9.17) is 5.73 Å². The summed E-state index contributed by atoms with van der Waals surface area (Å²) in [7, 11) is 2.05. The summed E-state index contributed by atoms with van der Waals surface area (Å²) in [4.78, 5) is 18.0. The molecule has 0 spiro atoms. The van der Waals surface area contributed by atoms with Gasteiger partial charge >= 0.3 is 0 Å². The normalized spacial score (nSPS) is 14.2. The van der Waals surface area contributed by atoms with Crippen molar-refractivity contribution in [1.29, 1.82) is 0 Å². The number of primary amides is 1. The van der Waals surface area contributed by atoms with Crippen LogP contribution in [0.5, 0.6) is 0 Å². The minimum Gasteiger partial charge on any atom is -0.368 e. The largest absolute Gasteiger partial charge is 0.368 e. The molecule has 1 aromatic heterocycles. The minimum atomic E-state index is -0.631. The van der Waals surface area contributed by atoms with Crippen LogP contribution in [0.15, 0.2) is 24.4 Å². The molecule has 20 heavy (non-hydrogen) atoms. The molecular weight excluding hydrogens is 252 g/mol. The minimum absolute atomic E-state index is 0.294. The van der Waals surface area contributed by atoms with Crippen LogP contribution in [-0.4, -0.2) is 48.0 Å². The molecule has 1 heterocycles. The van der Waals surface area contributed by atoms with Gasteiger partial charge in [-0.15, -0.1) is 0 Å². The van der Waals surface area contributed by atoms with E-state index in [1.165, 1.54) is 0 Å². The molecule has 1 unspecified atom stereocenters. The van der Waals surface area contributed by atoms with Gasteiger partial charge in [0.2, 0.25) is 5.91 Å². The van der Waals surface area contributed by atoms with Crippen LogP contribution in [0, 0.1) is 0 Å². The summed E-state index contributed by atoms with van der Waals surface area (Å²) in [6, 6.07) is 5.94. The van der Waals surface area contributed by atoms with Gasteiger partial charge in [-0.05, 0) is 39.1 Å². The van der Waals surface area contributed by atoms with E-state index in [1.54, 1.807) is 0 Å². The summed E-state index contributed by atoms with van der Waals surface area (Å²) < 4.78 is 0. The molecule has 0 aromatic carbocycles. The van der Waals surface area contributed by atoms with Crippen LogP contribution in [0.25, 0.3) is 0 Å². The third-order valence-electron chi connectivity index (χ3n) is 3.58. The molecule has 1 aromatic rings. The summed E-state index contributed by atoms with van der Waals surface area (Å²) >= 11 is 0. The molecule has 112 valence electrons. The van der Waals surface area contributed by atoms with E-state index in [1.807, 2.05) is 38.2 Å². The number of carbonyl (C=O) groups excluding carboxylic acids is 1. The van der Waals surface area contributed by atoms with Crippen molar-refractivity contribution in [2.75, 3.05) is 26.7 Å². The van der Waals surface area contributed by atoms with Crippen LogP contribution in [-0.2, 0) is 11.2 Å². The molecule has 0 fully saturated rings. The van der Waals surface area contributed by atoms with E-state index in [9.17, 15) is 4.79 Å². The topological polar surface area (TPSA) is 71.2 Å². The number of aromatic nitrogens is 1. The highest BCUT2D eigenvalue weighted by molar-refractivity contribution is 5.84. The molecule has 0 saturated carbocycles. The van der Waals surface area contributed by atoms with Crippen LogP contribution in [0.1, 0.15) is 26.0 Å². The third-order valence-corrected chi connectivity index (χ3v) is 3.58. The monoisotopic (exact) mass is 278 g/mol. The maximum atomic E-state index is 11.5. The molecule has 3 N–H and O–H groups in total. The SMILES string of the molecule is CCNC(C)(CCN(C)CCc1ccccn1)C(N)=O. The highest BCUT2D eigenvalue weighted by Crippen LogP contribution is 2.10. The van der Waals surface area contributed by atoms with Gasteiger partial charge in [-0.25, -0.2) is 0 Å². The average Bonchev–Trinajstić information content (AvgIpc) is 2.44. The lowest BCUT2D eigenvalue weighted by molar-refractivity contribution is -0.124. The molecule has 5 nitrogen and oxygen atoms in total. The zero-order chi connectivity index (χ0) is 15.0. The van der Waals surface area contributed by atoms with E-state index in [0.717, 1.165) is 31.7 Å². The van der Waals surface area contributed by atoms with Crippen LogP contribution < -0.4 is 11.1 Å². The first kappa shape index (κ1) is 16.6. The predicted molar refractivity (Wildman–Crippen MR) is 81.3 cm³/mol. The highest BCUT2D eigenvalue weighted by atomic mass is 16.1. The zero-order valence-corrected chi connectivity index (χ0v) is 12.7. The molecule has 0 radical (unpaired) electrons. The number of likely N-dealkylation sites (N-methyl/N-ethyl adjacent to an activating group) is 2. The maximum Gasteiger partial charge on any atom is 0.237 e. The second-order valence-electron chi connectivity index (χ2n) is 5.35. The number of nitrogens with zero attached hydrogens (tertiary/aromatic N) is 2. The van der Waals surface area contributed by atoms with Crippen molar-refractivity contribution in [3.8, 4) is 0 Å². The maximum absolute atomic E-state index is 11.5. The zero-order valence-electron chi connectivity index (χ0n) is 12.7. The summed E-state index contributed by atoms with van der Waals surface area (Å²) in [5, 5.41) is 3.17. The number of nitrogens with one attached hydrogen (secondary N) is 1. The van der Waals surface area contributed by atoms with E-state index in [2.05, 4.69) is 22.2 Å². The van der Waals surface area contributed by atoms with Crippen molar-refractivity contribution in [2.24, 2.45) is 5.73 Å². The Hall–Kier alpha value is -1.46. The lowest BCUT2D eigenvalue weighted by Gasteiger charge is -2.29. The van der Waals surface area contributed by atoms with Gasteiger partial charge in [0.25, 0.3) is 0 Å². The first-order chi connectivity index (χ1) is 9.48. The van der Waals surface area contributed by atoms with Crippen LogP contribution in [0.4, 0.5) is 0 Å². The van der Waals surface area contributed by atoms with Crippen LogP contribution in [0.2, 0.25) is 0 Å². The van der Waals surface area contributed by atoms with E-state index >= 15 is 0 Å². The van der Waals surface area contributed by atoms with Gasteiger partial charge in [0, 0.05) is 31.4 Å². The number of rotatable bonds is 9. The van der Waals surface area contributed by atoms with E-state index in [-0.39, 0.29) is 5.91 Å². The molecule has 0 aliphatic heterocycles.